The number of para-hydroxylation sites is 1. The average molecular weight is 255 g/mol. The van der Waals surface area contributed by atoms with Crippen molar-refractivity contribution in [2.75, 3.05) is 0 Å². The SMILES string of the molecule is CC(C)Cn1cnnc1-c1nn(C)c2ccccc12. The summed E-state index contributed by atoms with van der Waals surface area (Å²) in [6, 6.07) is 8.18. The Labute approximate surface area is 111 Å². The van der Waals surface area contributed by atoms with Crippen LogP contribution in [0.3, 0.4) is 0 Å². The molecule has 2 aromatic heterocycles. The van der Waals surface area contributed by atoms with Crippen molar-refractivity contribution in [2.24, 2.45) is 13.0 Å². The summed E-state index contributed by atoms with van der Waals surface area (Å²) in [5.41, 5.74) is 2.01. The quantitative estimate of drug-likeness (QED) is 0.722. The van der Waals surface area contributed by atoms with E-state index in [1.54, 1.807) is 6.33 Å². The van der Waals surface area contributed by atoms with E-state index in [1.807, 2.05) is 23.9 Å². The van der Waals surface area contributed by atoms with E-state index in [0.29, 0.717) is 5.92 Å². The molecule has 0 radical (unpaired) electrons. The number of aromatic nitrogens is 5. The maximum Gasteiger partial charge on any atom is 0.184 e. The van der Waals surface area contributed by atoms with Crippen molar-refractivity contribution in [1.29, 1.82) is 0 Å². The van der Waals surface area contributed by atoms with Crippen molar-refractivity contribution >= 4 is 10.9 Å². The zero-order valence-electron chi connectivity index (χ0n) is 11.4. The van der Waals surface area contributed by atoms with Gasteiger partial charge in [0.1, 0.15) is 12.0 Å². The molecule has 0 aliphatic rings. The molecule has 98 valence electrons. The third kappa shape index (κ3) is 2.01. The Morgan fingerprint density at radius 1 is 1.21 bits per heavy atom. The smallest absolute Gasteiger partial charge is 0.184 e. The first-order valence-corrected chi connectivity index (χ1v) is 6.46. The van der Waals surface area contributed by atoms with Crippen LogP contribution >= 0.6 is 0 Å². The van der Waals surface area contributed by atoms with Crippen LogP contribution in [0.1, 0.15) is 13.8 Å². The molecular weight excluding hydrogens is 238 g/mol. The molecular formula is C14H17N5. The van der Waals surface area contributed by atoms with Gasteiger partial charge in [0.05, 0.1) is 5.52 Å². The summed E-state index contributed by atoms with van der Waals surface area (Å²) >= 11 is 0. The molecule has 5 nitrogen and oxygen atoms in total. The molecule has 0 atom stereocenters. The van der Waals surface area contributed by atoms with E-state index >= 15 is 0 Å². The highest BCUT2D eigenvalue weighted by Gasteiger charge is 2.16. The summed E-state index contributed by atoms with van der Waals surface area (Å²) in [6.07, 6.45) is 1.78. The number of nitrogens with zero attached hydrogens (tertiary/aromatic N) is 5. The summed E-state index contributed by atoms with van der Waals surface area (Å²) in [5.74, 6) is 1.38. The molecule has 0 aliphatic carbocycles. The maximum atomic E-state index is 4.59. The molecule has 0 fully saturated rings. The third-order valence-electron chi connectivity index (χ3n) is 3.15. The molecule has 0 unspecified atom stereocenters. The minimum atomic E-state index is 0.546. The van der Waals surface area contributed by atoms with Gasteiger partial charge in [0.15, 0.2) is 5.82 Å². The predicted molar refractivity (Wildman–Crippen MR) is 74.6 cm³/mol. The summed E-state index contributed by atoms with van der Waals surface area (Å²) in [6.45, 7) is 5.26. The molecule has 0 N–H and O–H groups in total. The highest BCUT2D eigenvalue weighted by Crippen LogP contribution is 2.26. The van der Waals surface area contributed by atoms with Gasteiger partial charge in [-0.2, -0.15) is 5.10 Å². The second kappa shape index (κ2) is 4.50. The first kappa shape index (κ1) is 11.9. The van der Waals surface area contributed by atoms with Crippen molar-refractivity contribution < 1.29 is 0 Å². The van der Waals surface area contributed by atoms with Crippen LogP contribution in [0.2, 0.25) is 0 Å². The number of aryl methyl sites for hydroxylation is 1. The molecule has 0 aliphatic heterocycles. The number of rotatable bonds is 3. The van der Waals surface area contributed by atoms with Crippen molar-refractivity contribution in [3.05, 3.63) is 30.6 Å². The van der Waals surface area contributed by atoms with E-state index in [-0.39, 0.29) is 0 Å². The normalized spacial score (nSPS) is 11.6. The van der Waals surface area contributed by atoms with Crippen LogP contribution < -0.4 is 0 Å². The molecule has 3 rings (SSSR count). The van der Waals surface area contributed by atoms with Gasteiger partial charge in [0, 0.05) is 19.0 Å². The van der Waals surface area contributed by atoms with Crippen molar-refractivity contribution in [3.8, 4) is 11.5 Å². The topological polar surface area (TPSA) is 48.5 Å². The van der Waals surface area contributed by atoms with Gasteiger partial charge in [-0.25, -0.2) is 0 Å². The zero-order chi connectivity index (χ0) is 13.4. The van der Waals surface area contributed by atoms with E-state index in [2.05, 4.69) is 45.8 Å². The fourth-order valence-corrected chi connectivity index (χ4v) is 2.34. The third-order valence-corrected chi connectivity index (χ3v) is 3.15. The predicted octanol–water partition coefficient (Wildman–Crippen LogP) is 2.49. The van der Waals surface area contributed by atoms with Gasteiger partial charge in [0.2, 0.25) is 0 Å². The van der Waals surface area contributed by atoms with Crippen LogP contribution in [-0.4, -0.2) is 24.5 Å². The van der Waals surface area contributed by atoms with Crippen molar-refractivity contribution in [1.82, 2.24) is 24.5 Å². The Morgan fingerprint density at radius 3 is 2.79 bits per heavy atom. The molecule has 19 heavy (non-hydrogen) atoms. The minimum Gasteiger partial charge on any atom is -0.312 e. The maximum absolute atomic E-state index is 4.59. The lowest BCUT2D eigenvalue weighted by Gasteiger charge is -2.07. The minimum absolute atomic E-state index is 0.546. The highest BCUT2D eigenvalue weighted by molar-refractivity contribution is 5.91. The van der Waals surface area contributed by atoms with Crippen LogP contribution in [-0.2, 0) is 13.6 Å². The summed E-state index contributed by atoms with van der Waals surface area (Å²) in [7, 11) is 1.95. The van der Waals surface area contributed by atoms with Gasteiger partial charge < -0.3 is 4.57 Å². The van der Waals surface area contributed by atoms with Gasteiger partial charge in [-0.3, -0.25) is 4.68 Å². The lowest BCUT2D eigenvalue weighted by Crippen LogP contribution is -2.05. The van der Waals surface area contributed by atoms with Crippen LogP contribution in [0, 0.1) is 5.92 Å². The molecule has 1 aromatic carbocycles. The monoisotopic (exact) mass is 255 g/mol. The lowest BCUT2D eigenvalue weighted by molar-refractivity contribution is 0.525. The van der Waals surface area contributed by atoms with E-state index < -0.39 is 0 Å². The summed E-state index contributed by atoms with van der Waals surface area (Å²) in [4.78, 5) is 0. The lowest BCUT2D eigenvalue weighted by atomic mass is 10.2. The molecule has 0 amide bonds. The van der Waals surface area contributed by atoms with Crippen LogP contribution in [0.25, 0.3) is 22.4 Å². The Kier molecular flexibility index (Phi) is 2.81. The molecule has 2 heterocycles. The zero-order valence-corrected chi connectivity index (χ0v) is 11.4. The van der Waals surface area contributed by atoms with E-state index in [9.17, 15) is 0 Å². The Morgan fingerprint density at radius 2 is 2.00 bits per heavy atom. The van der Waals surface area contributed by atoms with E-state index in [0.717, 1.165) is 29.0 Å². The van der Waals surface area contributed by atoms with Gasteiger partial charge in [-0.05, 0) is 12.0 Å². The number of benzene rings is 1. The molecule has 5 heteroatoms. The van der Waals surface area contributed by atoms with Gasteiger partial charge in [-0.1, -0.05) is 32.0 Å². The Hall–Kier alpha value is -2.17. The number of hydrogen-bond donors (Lipinski definition) is 0. The van der Waals surface area contributed by atoms with Crippen LogP contribution in [0.15, 0.2) is 30.6 Å². The van der Waals surface area contributed by atoms with E-state index in [1.165, 1.54) is 0 Å². The van der Waals surface area contributed by atoms with Gasteiger partial charge in [-0.15, -0.1) is 10.2 Å². The summed E-state index contributed by atoms with van der Waals surface area (Å²) < 4.78 is 3.96. The largest absolute Gasteiger partial charge is 0.312 e. The standard InChI is InChI=1S/C14H17N5/c1-10(2)8-19-9-15-16-14(19)13-11-6-4-5-7-12(11)18(3)17-13/h4-7,9-10H,8H2,1-3H3. The molecule has 0 bridgehead atoms. The van der Waals surface area contributed by atoms with Crippen LogP contribution in [0.5, 0.6) is 0 Å². The fourth-order valence-electron chi connectivity index (χ4n) is 2.34. The fraction of sp³-hybridized carbons (Fsp3) is 0.357. The second-order valence-corrected chi connectivity index (χ2v) is 5.19. The Balaban J connectivity index is 2.17. The molecule has 0 saturated heterocycles. The van der Waals surface area contributed by atoms with Crippen molar-refractivity contribution in [2.45, 2.75) is 20.4 Å². The van der Waals surface area contributed by atoms with Crippen LogP contribution in [0.4, 0.5) is 0 Å². The number of fused-ring (bicyclic) bond motifs is 1. The highest BCUT2D eigenvalue weighted by atomic mass is 15.3. The molecule has 0 saturated carbocycles. The first-order valence-electron chi connectivity index (χ1n) is 6.46. The molecule has 0 spiro atoms. The van der Waals surface area contributed by atoms with E-state index in [4.69, 9.17) is 0 Å². The first-order chi connectivity index (χ1) is 9.16. The second-order valence-electron chi connectivity index (χ2n) is 5.19. The summed E-state index contributed by atoms with van der Waals surface area (Å²) in [5, 5.41) is 14.0. The molecule has 3 aromatic rings. The Bertz CT molecular complexity index is 708. The van der Waals surface area contributed by atoms with Gasteiger partial charge in [0.25, 0.3) is 0 Å². The number of hydrogen-bond acceptors (Lipinski definition) is 3. The average Bonchev–Trinajstić information content (AvgIpc) is 2.94. The van der Waals surface area contributed by atoms with Crippen molar-refractivity contribution in [3.63, 3.8) is 0 Å². The van der Waals surface area contributed by atoms with Gasteiger partial charge >= 0.3 is 0 Å².